The van der Waals surface area contributed by atoms with Gasteiger partial charge in [-0.2, -0.15) is 17.0 Å². The van der Waals surface area contributed by atoms with Crippen LogP contribution in [0, 0.1) is 0 Å². The monoisotopic (exact) mass is 209 g/mol. The molecule has 0 aromatic carbocycles. The van der Waals surface area contributed by atoms with E-state index in [9.17, 15) is 14.7 Å². The number of nitrogens with two attached hydrogens (primary N) is 1. The van der Waals surface area contributed by atoms with Gasteiger partial charge in [0.2, 0.25) is 5.54 Å². The van der Waals surface area contributed by atoms with E-state index in [1.165, 1.54) is 11.8 Å². The molecule has 6 nitrogen and oxygen atoms in total. The van der Waals surface area contributed by atoms with Crippen molar-refractivity contribution in [2.24, 2.45) is 5.73 Å². The van der Waals surface area contributed by atoms with Crippen LogP contribution in [0.25, 0.3) is 0 Å². The Kier molecular flexibility index (Phi) is 4.92. The van der Waals surface area contributed by atoms with Gasteiger partial charge in [-0.1, -0.05) is 0 Å². The van der Waals surface area contributed by atoms with E-state index in [1.807, 2.05) is 0 Å². The number of thioether (sulfide) groups is 1. The molecular weight excluding hydrogens is 198 g/mol. The molecule has 0 fully saturated rings. The van der Waals surface area contributed by atoms with Crippen LogP contribution in [0.4, 0.5) is 0 Å². The first kappa shape index (κ1) is 12.4. The molecule has 0 heterocycles. The summed E-state index contributed by atoms with van der Waals surface area (Å²) in [5.74, 6) is -1.28. The van der Waals surface area contributed by atoms with Crippen LogP contribution in [0.3, 0.4) is 0 Å². The Morgan fingerprint density at radius 2 is 2.38 bits per heavy atom. The van der Waals surface area contributed by atoms with Gasteiger partial charge in [-0.15, -0.1) is 0 Å². The zero-order chi connectivity index (χ0) is 10.5. The van der Waals surface area contributed by atoms with E-state index in [-0.39, 0.29) is 12.0 Å². The van der Waals surface area contributed by atoms with Crippen molar-refractivity contribution in [1.82, 2.24) is 0 Å². The highest BCUT2D eigenvalue weighted by atomic mass is 32.2. The molecule has 0 aliphatic heterocycles. The van der Waals surface area contributed by atoms with Crippen molar-refractivity contribution < 1.29 is 24.8 Å². The maximum absolute atomic E-state index is 10.8. The summed E-state index contributed by atoms with van der Waals surface area (Å²) in [7, 11) is 0. The maximum atomic E-state index is 10.8. The molecule has 13 heavy (non-hydrogen) atoms. The first-order chi connectivity index (χ1) is 6.02. The molecule has 0 rings (SSSR count). The van der Waals surface area contributed by atoms with E-state index in [2.05, 4.69) is 4.89 Å². The third-order valence-corrected chi connectivity index (χ3v) is 2.16. The second kappa shape index (κ2) is 5.18. The van der Waals surface area contributed by atoms with Crippen LogP contribution in [0.5, 0.6) is 0 Å². The number of aldehydes is 1. The molecule has 0 amide bonds. The molecule has 4 N–H and O–H groups in total. The molecule has 1 unspecified atom stereocenters. The van der Waals surface area contributed by atoms with Crippen molar-refractivity contribution in [3.05, 3.63) is 0 Å². The fraction of sp³-hybridized carbons (Fsp3) is 0.667. The van der Waals surface area contributed by atoms with Crippen LogP contribution in [-0.4, -0.2) is 46.3 Å². The van der Waals surface area contributed by atoms with Gasteiger partial charge in [-0.3, -0.25) is 4.89 Å². The molecular formula is C6H11NO5S. The zero-order valence-electron chi connectivity index (χ0n) is 6.97. The van der Waals surface area contributed by atoms with Gasteiger partial charge in [0.05, 0.1) is 6.10 Å². The van der Waals surface area contributed by atoms with Crippen molar-refractivity contribution in [2.45, 2.75) is 11.6 Å². The average molecular weight is 209 g/mol. The number of rotatable bonds is 5. The lowest BCUT2D eigenvalue weighted by Gasteiger charge is -2.23. The lowest BCUT2D eigenvalue weighted by molar-refractivity contribution is -0.241. The molecule has 76 valence electrons. The third-order valence-electron chi connectivity index (χ3n) is 1.51. The maximum Gasteiger partial charge on any atom is 0.371 e. The number of carbonyl (C=O) groups is 2. The molecule has 2 atom stereocenters. The Hall–Kier alpha value is -0.630. The molecule has 0 saturated heterocycles. The average Bonchev–Trinajstić information content (AvgIpc) is 2.15. The van der Waals surface area contributed by atoms with Crippen molar-refractivity contribution in [2.75, 3.05) is 12.0 Å². The standard InChI is InChI=1S/C6H11NO5S/c1-13-2-4(9)6(7,3-8)5(10)12-11/h3-4,9,11H,2,7H2,1H3/t4?,6-/m0/s1. The zero-order valence-corrected chi connectivity index (χ0v) is 7.78. The minimum Gasteiger partial charge on any atom is -0.389 e. The lowest BCUT2D eigenvalue weighted by atomic mass is 9.97. The molecule has 0 aliphatic carbocycles. The predicted molar refractivity (Wildman–Crippen MR) is 46.1 cm³/mol. The fourth-order valence-electron chi connectivity index (χ4n) is 0.638. The Morgan fingerprint density at radius 1 is 1.85 bits per heavy atom. The number of aliphatic hydroxyl groups excluding tert-OH is 1. The molecule has 7 heteroatoms. The van der Waals surface area contributed by atoms with Crippen molar-refractivity contribution in [3.63, 3.8) is 0 Å². The predicted octanol–water partition coefficient (Wildman–Crippen LogP) is -1.38. The number of hydrogen-bond acceptors (Lipinski definition) is 7. The van der Waals surface area contributed by atoms with Crippen LogP contribution < -0.4 is 5.73 Å². The highest BCUT2D eigenvalue weighted by molar-refractivity contribution is 7.98. The van der Waals surface area contributed by atoms with Crippen LogP contribution in [0.1, 0.15) is 0 Å². The summed E-state index contributed by atoms with van der Waals surface area (Å²) in [6, 6.07) is 0. The molecule has 0 spiro atoms. The largest absolute Gasteiger partial charge is 0.389 e. The minimum atomic E-state index is -2.20. The lowest BCUT2D eigenvalue weighted by Crippen LogP contribution is -2.60. The fourth-order valence-corrected chi connectivity index (χ4v) is 1.23. The summed E-state index contributed by atoms with van der Waals surface area (Å²) in [5.41, 5.74) is 3.02. The van der Waals surface area contributed by atoms with Gasteiger partial charge in [0.1, 0.15) is 0 Å². The van der Waals surface area contributed by atoms with Gasteiger partial charge < -0.3 is 15.6 Å². The topological polar surface area (TPSA) is 110 Å². The Morgan fingerprint density at radius 3 is 2.69 bits per heavy atom. The summed E-state index contributed by atoms with van der Waals surface area (Å²) in [5, 5.41) is 17.3. The molecule has 0 aromatic heterocycles. The van der Waals surface area contributed by atoms with Crippen LogP contribution in [-0.2, 0) is 14.5 Å². The molecule has 0 aromatic rings. The Labute approximate surface area is 79.0 Å². The number of carbonyl (C=O) groups excluding carboxylic acids is 2. The van der Waals surface area contributed by atoms with E-state index < -0.39 is 17.6 Å². The van der Waals surface area contributed by atoms with Crippen LogP contribution in [0.2, 0.25) is 0 Å². The van der Waals surface area contributed by atoms with Crippen molar-refractivity contribution in [1.29, 1.82) is 0 Å². The normalized spacial score (nSPS) is 17.2. The van der Waals surface area contributed by atoms with Crippen LogP contribution >= 0.6 is 11.8 Å². The summed E-state index contributed by atoms with van der Waals surface area (Å²) >= 11 is 1.20. The van der Waals surface area contributed by atoms with Gasteiger partial charge >= 0.3 is 5.97 Å². The second-order valence-corrected chi connectivity index (χ2v) is 3.31. The highest BCUT2D eigenvalue weighted by Gasteiger charge is 2.43. The van der Waals surface area contributed by atoms with Crippen molar-refractivity contribution in [3.8, 4) is 0 Å². The third kappa shape index (κ3) is 2.66. The first-order valence-electron chi connectivity index (χ1n) is 3.31. The smallest absolute Gasteiger partial charge is 0.371 e. The summed E-state index contributed by atoms with van der Waals surface area (Å²) in [4.78, 5) is 24.5. The Bertz CT molecular complexity index is 199. The van der Waals surface area contributed by atoms with Gasteiger partial charge in [0.25, 0.3) is 0 Å². The quantitative estimate of drug-likeness (QED) is 0.221. The highest BCUT2D eigenvalue weighted by Crippen LogP contribution is 2.11. The van der Waals surface area contributed by atoms with E-state index >= 15 is 0 Å². The summed E-state index contributed by atoms with van der Waals surface area (Å²) in [6.07, 6.45) is 0.324. The molecule has 0 bridgehead atoms. The van der Waals surface area contributed by atoms with Gasteiger partial charge in [-0.25, -0.2) is 4.79 Å². The first-order valence-corrected chi connectivity index (χ1v) is 4.70. The second-order valence-electron chi connectivity index (χ2n) is 2.40. The van der Waals surface area contributed by atoms with E-state index in [0.29, 0.717) is 0 Å². The van der Waals surface area contributed by atoms with Crippen LogP contribution in [0.15, 0.2) is 0 Å². The summed E-state index contributed by atoms with van der Waals surface area (Å²) < 4.78 is 0. The molecule has 0 saturated carbocycles. The van der Waals surface area contributed by atoms with E-state index in [4.69, 9.17) is 11.0 Å². The van der Waals surface area contributed by atoms with Crippen molar-refractivity contribution >= 4 is 24.0 Å². The summed E-state index contributed by atoms with van der Waals surface area (Å²) in [6.45, 7) is 0. The Balaban J connectivity index is 4.60. The molecule has 0 radical (unpaired) electrons. The van der Waals surface area contributed by atoms with E-state index in [0.717, 1.165) is 0 Å². The minimum absolute atomic E-state index is 0.0481. The van der Waals surface area contributed by atoms with Gasteiger partial charge in [0.15, 0.2) is 6.29 Å². The number of hydrogen-bond donors (Lipinski definition) is 3. The SMILES string of the molecule is CSCC(O)[C@@](N)(C=O)C(=O)OO. The van der Waals surface area contributed by atoms with Gasteiger partial charge in [-0.05, 0) is 6.26 Å². The van der Waals surface area contributed by atoms with Gasteiger partial charge in [0, 0.05) is 5.75 Å². The molecule has 0 aliphatic rings. The van der Waals surface area contributed by atoms with E-state index in [1.54, 1.807) is 6.26 Å². The number of aliphatic hydroxyl groups is 1.